The number of thioether (sulfide) groups is 1. The lowest BCUT2D eigenvalue weighted by Crippen LogP contribution is -2.44. The van der Waals surface area contributed by atoms with Gasteiger partial charge in [0.05, 0.1) is 6.26 Å². The molecule has 0 saturated carbocycles. The lowest BCUT2D eigenvalue weighted by atomic mass is 10.2. The van der Waals surface area contributed by atoms with E-state index in [1.54, 1.807) is 17.0 Å². The number of furan rings is 1. The Balaban J connectivity index is 1.59. The zero-order valence-electron chi connectivity index (χ0n) is 16.4. The Hall–Kier alpha value is -2.74. The molecular formula is C21H24N2O5S. The number of nitrogens with zero attached hydrogens (tertiary/aromatic N) is 2. The van der Waals surface area contributed by atoms with Gasteiger partial charge in [-0.15, -0.1) is 11.8 Å². The fourth-order valence-electron chi connectivity index (χ4n) is 3.22. The summed E-state index contributed by atoms with van der Waals surface area (Å²) >= 11 is 1.43. The molecule has 2 aromatic rings. The molecule has 0 spiro atoms. The van der Waals surface area contributed by atoms with Crippen molar-refractivity contribution in [3.8, 4) is 0 Å². The third-order valence-electron chi connectivity index (χ3n) is 4.71. The molecule has 1 aliphatic heterocycles. The summed E-state index contributed by atoms with van der Waals surface area (Å²) in [4.78, 5) is 40.4. The maximum atomic E-state index is 12.6. The zero-order chi connectivity index (χ0) is 20.8. The van der Waals surface area contributed by atoms with Crippen LogP contribution in [-0.4, -0.2) is 52.5 Å². The Labute approximate surface area is 174 Å². The maximum Gasteiger partial charge on any atom is 0.330 e. The molecule has 8 heteroatoms. The van der Waals surface area contributed by atoms with E-state index >= 15 is 0 Å². The van der Waals surface area contributed by atoms with Gasteiger partial charge in [-0.25, -0.2) is 4.79 Å². The van der Waals surface area contributed by atoms with Crippen molar-refractivity contribution in [1.82, 2.24) is 9.80 Å². The van der Waals surface area contributed by atoms with Gasteiger partial charge >= 0.3 is 5.97 Å². The van der Waals surface area contributed by atoms with Gasteiger partial charge in [-0.3, -0.25) is 9.59 Å². The fourth-order valence-corrected chi connectivity index (χ4v) is 4.64. The van der Waals surface area contributed by atoms with Crippen LogP contribution in [0.15, 0.2) is 53.1 Å². The van der Waals surface area contributed by atoms with Gasteiger partial charge in [-0.05, 0) is 24.6 Å². The standard InChI is InChI=1S/C21H24N2O5S/c1-3-22(12-16-8-5-4-6-9-16)19(25)13-28-21(26)17-14-29-20(23(17)15(2)24)18-10-7-11-27-18/h4-11,17,20H,3,12-14H2,1-2H3/t17-,20-/m1/s1. The molecule has 154 valence electrons. The van der Waals surface area contributed by atoms with Crippen LogP contribution in [-0.2, 0) is 25.7 Å². The van der Waals surface area contributed by atoms with Crippen LogP contribution in [0.5, 0.6) is 0 Å². The van der Waals surface area contributed by atoms with E-state index in [2.05, 4.69) is 0 Å². The van der Waals surface area contributed by atoms with Gasteiger partial charge < -0.3 is 19.0 Å². The zero-order valence-corrected chi connectivity index (χ0v) is 17.3. The Kier molecular flexibility index (Phi) is 6.98. The fraction of sp³-hybridized carbons (Fsp3) is 0.381. The summed E-state index contributed by atoms with van der Waals surface area (Å²) in [6, 6.07) is 12.4. The largest absolute Gasteiger partial charge is 0.466 e. The average Bonchev–Trinajstić information content (AvgIpc) is 3.40. The molecule has 0 radical (unpaired) electrons. The Morgan fingerprint density at radius 1 is 1.21 bits per heavy atom. The highest BCUT2D eigenvalue weighted by Crippen LogP contribution is 2.41. The van der Waals surface area contributed by atoms with E-state index in [1.165, 1.54) is 29.8 Å². The van der Waals surface area contributed by atoms with Gasteiger partial charge in [0.25, 0.3) is 5.91 Å². The van der Waals surface area contributed by atoms with Crippen molar-refractivity contribution in [2.45, 2.75) is 31.8 Å². The predicted octanol–water partition coefficient (Wildman–Crippen LogP) is 2.83. The molecule has 0 unspecified atom stereocenters. The van der Waals surface area contributed by atoms with E-state index in [9.17, 15) is 14.4 Å². The van der Waals surface area contributed by atoms with E-state index in [0.717, 1.165) is 5.56 Å². The van der Waals surface area contributed by atoms with Gasteiger partial charge in [0.1, 0.15) is 17.2 Å². The minimum atomic E-state index is -0.746. The van der Waals surface area contributed by atoms with Crippen molar-refractivity contribution >= 4 is 29.5 Å². The lowest BCUT2D eigenvalue weighted by Gasteiger charge is -2.26. The first-order chi connectivity index (χ1) is 14.0. The molecule has 1 saturated heterocycles. The van der Waals surface area contributed by atoms with E-state index in [-0.39, 0.29) is 23.8 Å². The second-order valence-corrected chi connectivity index (χ2v) is 7.76. The smallest absolute Gasteiger partial charge is 0.330 e. The molecule has 29 heavy (non-hydrogen) atoms. The van der Waals surface area contributed by atoms with Gasteiger partial charge in [0, 0.05) is 25.8 Å². The van der Waals surface area contributed by atoms with Crippen molar-refractivity contribution in [3.63, 3.8) is 0 Å². The Bertz CT molecular complexity index is 840. The first-order valence-corrected chi connectivity index (χ1v) is 10.5. The number of carbonyl (C=O) groups excluding carboxylic acids is 3. The summed E-state index contributed by atoms with van der Waals surface area (Å²) in [6.45, 7) is 3.89. The van der Waals surface area contributed by atoms with Crippen LogP contribution in [0.1, 0.15) is 30.5 Å². The van der Waals surface area contributed by atoms with Crippen LogP contribution < -0.4 is 0 Å². The van der Waals surface area contributed by atoms with Crippen LogP contribution in [0.4, 0.5) is 0 Å². The Morgan fingerprint density at radius 2 is 1.97 bits per heavy atom. The highest BCUT2D eigenvalue weighted by molar-refractivity contribution is 7.99. The molecule has 0 N–H and O–H groups in total. The molecule has 2 heterocycles. The number of rotatable bonds is 7. The van der Waals surface area contributed by atoms with Crippen molar-refractivity contribution < 1.29 is 23.5 Å². The van der Waals surface area contributed by atoms with Gasteiger partial charge in [-0.2, -0.15) is 0 Å². The minimum Gasteiger partial charge on any atom is -0.466 e. The number of benzene rings is 1. The molecule has 3 rings (SSSR count). The average molecular weight is 416 g/mol. The third-order valence-corrected chi connectivity index (χ3v) is 5.99. The number of likely N-dealkylation sites (N-methyl/N-ethyl adjacent to an activating group) is 1. The quantitative estimate of drug-likeness (QED) is 0.646. The molecule has 7 nitrogen and oxygen atoms in total. The predicted molar refractivity (Wildman–Crippen MR) is 109 cm³/mol. The second kappa shape index (κ2) is 9.65. The highest BCUT2D eigenvalue weighted by atomic mass is 32.2. The molecule has 1 aliphatic rings. The van der Waals surface area contributed by atoms with Crippen LogP contribution in [0.2, 0.25) is 0 Å². The summed E-state index contributed by atoms with van der Waals surface area (Å²) in [7, 11) is 0. The van der Waals surface area contributed by atoms with Crippen LogP contribution in [0.3, 0.4) is 0 Å². The number of esters is 1. The molecule has 2 atom stereocenters. The van der Waals surface area contributed by atoms with Gasteiger partial charge in [0.15, 0.2) is 6.61 Å². The van der Waals surface area contributed by atoms with E-state index < -0.39 is 12.0 Å². The first kappa shape index (κ1) is 21.0. The maximum absolute atomic E-state index is 12.6. The molecular weight excluding hydrogens is 392 g/mol. The molecule has 0 aliphatic carbocycles. The van der Waals surface area contributed by atoms with Crippen LogP contribution in [0, 0.1) is 0 Å². The summed E-state index contributed by atoms with van der Waals surface area (Å²) in [5.41, 5.74) is 1.00. The van der Waals surface area contributed by atoms with Crippen LogP contribution in [0.25, 0.3) is 0 Å². The van der Waals surface area contributed by atoms with Gasteiger partial charge in [-0.1, -0.05) is 30.3 Å². The SMILES string of the molecule is CCN(Cc1ccccc1)C(=O)COC(=O)[C@H]1CS[C@H](c2ccco2)N1C(C)=O. The number of amides is 2. The first-order valence-electron chi connectivity index (χ1n) is 9.43. The number of carbonyl (C=O) groups is 3. The summed E-state index contributed by atoms with van der Waals surface area (Å²) < 4.78 is 10.7. The third kappa shape index (κ3) is 5.00. The minimum absolute atomic E-state index is 0.246. The molecule has 2 amide bonds. The van der Waals surface area contributed by atoms with Crippen molar-refractivity contribution in [3.05, 3.63) is 60.1 Å². The van der Waals surface area contributed by atoms with Crippen molar-refractivity contribution in [2.75, 3.05) is 18.9 Å². The van der Waals surface area contributed by atoms with Crippen molar-refractivity contribution in [2.24, 2.45) is 0 Å². The van der Waals surface area contributed by atoms with E-state index in [4.69, 9.17) is 9.15 Å². The molecule has 1 aromatic heterocycles. The lowest BCUT2D eigenvalue weighted by molar-refractivity contribution is -0.158. The number of hydrogen-bond acceptors (Lipinski definition) is 6. The van der Waals surface area contributed by atoms with Crippen LogP contribution >= 0.6 is 11.8 Å². The molecule has 1 aromatic carbocycles. The Morgan fingerprint density at radius 3 is 2.59 bits per heavy atom. The summed E-state index contributed by atoms with van der Waals surface area (Å²) in [6.07, 6.45) is 1.53. The summed E-state index contributed by atoms with van der Waals surface area (Å²) in [5.74, 6) is -0.0989. The monoisotopic (exact) mass is 416 g/mol. The van der Waals surface area contributed by atoms with Crippen molar-refractivity contribution in [1.29, 1.82) is 0 Å². The molecule has 0 bridgehead atoms. The van der Waals surface area contributed by atoms with E-state index in [0.29, 0.717) is 24.6 Å². The van der Waals surface area contributed by atoms with Gasteiger partial charge in [0.2, 0.25) is 5.91 Å². The number of ether oxygens (including phenoxy) is 1. The number of hydrogen-bond donors (Lipinski definition) is 0. The second-order valence-electron chi connectivity index (χ2n) is 6.64. The van der Waals surface area contributed by atoms with E-state index in [1.807, 2.05) is 37.3 Å². The topological polar surface area (TPSA) is 80.1 Å². The summed E-state index contributed by atoms with van der Waals surface area (Å²) in [5, 5.41) is -0.374. The normalized spacial score (nSPS) is 18.5. The highest BCUT2D eigenvalue weighted by Gasteiger charge is 2.43. The molecule has 1 fully saturated rings.